The van der Waals surface area contributed by atoms with Crippen LogP contribution in [0.3, 0.4) is 0 Å². The van der Waals surface area contributed by atoms with Gasteiger partial charge in [-0.25, -0.2) is 0 Å². The van der Waals surface area contributed by atoms with E-state index in [1.54, 1.807) is 0 Å². The van der Waals surface area contributed by atoms with E-state index in [9.17, 15) is 20.1 Å². The van der Waals surface area contributed by atoms with Gasteiger partial charge in [0, 0.05) is 6.92 Å². The predicted molar refractivity (Wildman–Crippen MR) is 51.2 cm³/mol. The molecule has 0 saturated carbocycles. The van der Waals surface area contributed by atoms with E-state index in [0.717, 1.165) is 0 Å². The molecule has 16 heavy (non-hydrogen) atoms. The summed E-state index contributed by atoms with van der Waals surface area (Å²) in [5, 5.41) is 39.4. The van der Waals surface area contributed by atoms with E-state index in [4.69, 9.17) is 9.84 Å². The van der Waals surface area contributed by atoms with Crippen molar-refractivity contribution in [1.29, 1.82) is 0 Å². The molecule has 0 spiro atoms. The van der Waals surface area contributed by atoms with Crippen LogP contribution in [0.25, 0.3) is 0 Å². The average molecular weight is 239 g/mol. The summed E-state index contributed by atoms with van der Waals surface area (Å²) in [4.78, 5) is 10.7. The van der Waals surface area contributed by atoms with E-state index in [2.05, 4.69) is 5.32 Å². The summed E-state index contributed by atoms with van der Waals surface area (Å²) in [6, 6.07) is -1.10. The van der Waals surface area contributed by atoms with Gasteiger partial charge in [-0.1, -0.05) is 0 Å². The molecule has 1 aliphatic rings. The van der Waals surface area contributed by atoms with Gasteiger partial charge in [-0.3, -0.25) is 4.79 Å². The molecular formula is C8H17NO7. The van der Waals surface area contributed by atoms with E-state index >= 15 is 0 Å². The summed E-state index contributed by atoms with van der Waals surface area (Å²) in [5.74, 6) is -0.462. The van der Waals surface area contributed by atoms with Gasteiger partial charge in [-0.2, -0.15) is 0 Å². The first kappa shape index (κ1) is 15.2. The molecule has 1 aliphatic heterocycles. The van der Waals surface area contributed by atoms with Gasteiger partial charge in [0.25, 0.3) is 0 Å². The molecule has 96 valence electrons. The number of nitrogens with one attached hydrogen (secondary N) is 1. The highest BCUT2D eigenvalue weighted by atomic mass is 16.6. The minimum Gasteiger partial charge on any atom is -0.412 e. The predicted octanol–water partition coefficient (Wildman–Crippen LogP) is -3.90. The monoisotopic (exact) mass is 239 g/mol. The minimum absolute atomic E-state index is 0. The molecule has 1 rings (SSSR count). The molecule has 5 atom stereocenters. The lowest BCUT2D eigenvalue weighted by atomic mass is 9.97. The van der Waals surface area contributed by atoms with Crippen LogP contribution in [0.15, 0.2) is 0 Å². The first-order valence-corrected chi connectivity index (χ1v) is 4.55. The summed E-state index contributed by atoms with van der Waals surface area (Å²) in [5.41, 5.74) is 0. The first-order valence-electron chi connectivity index (χ1n) is 4.55. The van der Waals surface area contributed by atoms with E-state index in [-0.39, 0.29) is 5.48 Å². The van der Waals surface area contributed by atoms with Gasteiger partial charge in [0.15, 0.2) is 6.29 Å². The molecule has 8 nitrogen and oxygen atoms in total. The maximum absolute atomic E-state index is 10.7. The fraction of sp³-hybridized carbons (Fsp3) is 0.875. The zero-order valence-corrected chi connectivity index (χ0v) is 8.70. The molecule has 0 aromatic carbocycles. The van der Waals surface area contributed by atoms with Crippen molar-refractivity contribution >= 4 is 5.91 Å². The number of aliphatic hydroxyl groups is 4. The molecule has 1 heterocycles. The van der Waals surface area contributed by atoms with Crippen LogP contribution in [-0.2, 0) is 9.53 Å². The minimum atomic E-state index is -1.45. The smallest absolute Gasteiger partial charge is 0.217 e. The SMILES string of the molecule is CC(=O)N[C@H]1[C@@H](O)[C@H](O)[C@@H](CO)O[C@H]1O.O. The number of amides is 1. The van der Waals surface area contributed by atoms with Crippen molar-refractivity contribution in [3.05, 3.63) is 0 Å². The molecule has 0 unspecified atom stereocenters. The zero-order chi connectivity index (χ0) is 11.6. The van der Waals surface area contributed by atoms with Gasteiger partial charge in [0.1, 0.15) is 24.4 Å². The van der Waals surface area contributed by atoms with Gasteiger partial charge in [0.2, 0.25) is 5.91 Å². The third-order valence-corrected chi connectivity index (χ3v) is 2.27. The summed E-state index contributed by atoms with van der Waals surface area (Å²) in [6.07, 6.45) is -5.24. The number of hydrogen-bond acceptors (Lipinski definition) is 6. The Bertz CT molecular complexity index is 236. The summed E-state index contributed by atoms with van der Waals surface area (Å²) >= 11 is 0. The van der Waals surface area contributed by atoms with E-state index in [1.807, 2.05) is 0 Å². The zero-order valence-electron chi connectivity index (χ0n) is 8.70. The van der Waals surface area contributed by atoms with Crippen molar-refractivity contribution in [2.45, 2.75) is 37.6 Å². The molecule has 0 aromatic heterocycles. The van der Waals surface area contributed by atoms with Crippen LogP contribution in [0.4, 0.5) is 0 Å². The lowest BCUT2D eigenvalue weighted by Crippen LogP contribution is -2.63. The standard InChI is InChI=1S/C8H15NO6.H2O/c1-3(11)9-5-7(13)6(12)4(2-10)15-8(5)14;/h4-8,10,12-14H,2H2,1H3,(H,9,11);1H2/t4-,5+,6-,7-,8-;/m1./s1. The van der Waals surface area contributed by atoms with Crippen molar-refractivity contribution in [1.82, 2.24) is 5.32 Å². The van der Waals surface area contributed by atoms with E-state index < -0.39 is 43.2 Å². The Hall–Kier alpha value is -0.770. The Labute approximate surface area is 91.8 Å². The fourth-order valence-corrected chi connectivity index (χ4v) is 1.49. The second kappa shape index (κ2) is 6.09. The fourth-order valence-electron chi connectivity index (χ4n) is 1.49. The van der Waals surface area contributed by atoms with Crippen LogP contribution in [0.1, 0.15) is 6.92 Å². The second-order valence-electron chi connectivity index (χ2n) is 3.46. The maximum Gasteiger partial charge on any atom is 0.217 e. The molecular weight excluding hydrogens is 222 g/mol. The highest BCUT2D eigenvalue weighted by molar-refractivity contribution is 5.73. The van der Waals surface area contributed by atoms with Gasteiger partial charge in [0.05, 0.1) is 6.61 Å². The van der Waals surface area contributed by atoms with Gasteiger partial charge in [-0.15, -0.1) is 0 Å². The third-order valence-electron chi connectivity index (χ3n) is 2.27. The van der Waals surface area contributed by atoms with Gasteiger partial charge in [-0.05, 0) is 0 Å². The molecule has 1 amide bonds. The Morgan fingerprint density at radius 2 is 1.88 bits per heavy atom. The lowest BCUT2D eigenvalue weighted by molar-refractivity contribution is -0.253. The van der Waals surface area contributed by atoms with E-state index in [1.165, 1.54) is 6.92 Å². The van der Waals surface area contributed by atoms with Crippen molar-refractivity contribution in [3.63, 3.8) is 0 Å². The molecule has 0 bridgehead atoms. The summed E-state index contributed by atoms with van der Waals surface area (Å²) in [7, 11) is 0. The molecule has 7 N–H and O–H groups in total. The first-order chi connectivity index (χ1) is 6.97. The molecule has 1 saturated heterocycles. The number of rotatable bonds is 2. The molecule has 1 fully saturated rings. The van der Waals surface area contributed by atoms with Crippen LogP contribution in [-0.4, -0.2) is 69.1 Å². The summed E-state index contributed by atoms with van der Waals surface area (Å²) in [6.45, 7) is 0.687. The average Bonchev–Trinajstić information content (AvgIpc) is 2.18. The highest BCUT2D eigenvalue weighted by Gasteiger charge is 2.43. The maximum atomic E-state index is 10.7. The third kappa shape index (κ3) is 3.11. The van der Waals surface area contributed by atoms with Crippen molar-refractivity contribution in [2.24, 2.45) is 0 Å². The lowest BCUT2D eigenvalue weighted by Gasteiger charge is -2.40. The largest absolute Gasteiger partial charge is 0.412 e. The Balaban J connectivity index is 0.00000225. The Morgan fingerprint density at radius 1 is 1.31 bits per heavy atom. The van der Waals surface area contributed by atoms with Gasteiger partial charge < -0.3 is 36.0 Å². The topological polar surface area (TPSA) is 151 Å². The Kier molecular flexibility index (Phi) is 5.79. The van der Waals surface area contributed by atoms with Crippen molar-refractivity contribution in [3.8, 4) is 0 Å². The van der Waals surface area contributed by atoms with E-state index in [0.29, 0.717) is 0 Å². The van der Waals surface area contributed by atoms with Crippen LogP contribution < -0.4 is 5.32 Å². The van der Waals surface area contributed by atoms with Crippen LogP contribution in [0, 0.1) is 0 Å². The van der Waals surface area contributed by atoms with Gasteiger partial charge >= 0.3 is 0 Å². The number of hydrogen-bond donors (Lipinski definition) is 5. The van der Waals surface area contributed by atoms with Crippen molar-refractivity contribution < 1.29 is 35.4 Å². The number of carbonyl (C=O) groups excluding carboxylic acids is 1. The van der Waals surface area contributed by atoms with Crippen LogP contribution >= 0.6 is 0 Å². The molecule has 0 aromatic rings. The van der Waals surface area contributed by atoms with Crippen molar-refractivity contribution in [2.75, 3.05) is 6.61 Å². The number of aliphatic hydroxyl groups excluding tert-OH is 4. The Morgan fingerprint density at radius 3 is 2.31 bits per heavy atom. The molecule has 0 radical (unpaired) electrons. The molecule has 8 heteroatoms. The molecule has 0 aliphatic carbocycles. The second-order valence-corrected chi connectivity index (χ2v) is 3.46. The van der Waals surface area contributed by atoms with Crippen LogP contribution in [0.5, 0.6) is 0 Å². The highest BCUT2D eigenvalue weighted by Crippen LogP contribution is 2.19. The van der Waals surface area contributed by atoms with Crippen LogP contribution in [0.2, 0.25) is 0 Å². The summed E-state index contributed by atoms with van der Waals surface area (Å²) < 4.78 is 4.81. The quantitative estimate of drug-likeness (QED) is 0.332. The number of carbonyl (C=O) groups is 1. The number of ether oxygens (including phenoxy) is 1. The normalized spacial score (nSPS) is 38.7.